The Kier molecular flexibility index (Phi) is 3.19. The van der Waals surface area contributed by atoms with Gasteiger partial charge in [0.2, 0.25) is 11.7 Å². The topological polar surface area (TPSA) is 91.7 Å². The summed E-state index contributed by atoms with van der Waals surface area (Å²) in [5.74, 6) is -2.17. The number of ketones is 1. The molecule has 1 N–H and O–H groups in total. The number of hydrazone groups is 1. The molecular weight excluding hydrogens is 308 g/mol. The largest absolute Gasteiger partial charge is 0.296 e. The first-order valence-electron chi connectivity index (χ1n) is 7.39. The summed E-state index contributed by atoms with van der Waals surface area (Å²) in [6, 6.07) is 11.0. The van der Waals surface area contributed by atoms with Gasteiger partial charge in [0, 0.05) is 18.0 Å². The first-order valence-corrected chi connectivity index (χ1v) is 7.39. The highest BCUT2D eigenvalue weighted by molar-refractivity contribution is 6.52. The monoisotopic (exact) mass is 320 g/mol. The fourth-order valence-corrected chi connectivity index (χ4v) is 2.95. The number of anilines is 1. The second-order valence-electron chi connectivity index (χ2n) is 5.50. The Morgan fingerprint density at radius 3 is 2.54 bits per heavy atom. The number of rotatable bonds is 3. The van der Waals surface area contributed by atoms with Crippen molar-refractivity contribution in [3.63, 3.8) is 0 Å². The van der Waals surface area contributed by atoms with Crippen molar-refractivity contribution in [3.05, 3.63) is 60.4 Å². The van der Waals surface area contributed by atoms with Crippen LogP contribution in [0.25, 0.3) is 0 Å². The summed E-state index contributed by atoms with van der Waals surface area (Å²) in [5.41, 5.74) is 3.49. The summed E-state index contributed by atoms with van der Waals surface area (Å²) in [4.78, 5) is 42.9. The van der Waals surface area contributed by atoms with Crippen LogP contribution in [-0.4, -0.2) is 34.3 Å². The lowest BCUT2D eigenvalue weighted by Crippen LogP contribution is -2.36. The second-order valence-corrected chi connectivity index (χ2v) is 5.50. The van der Waals surface area contributed by atoms with E-state index in [0.717, 1.165) is 4.90 Å². The van der Waals surface area contributed by atoms with E-state index in [2.05, 4.69) is 15.5 Å². The van der Waals surface area contributed by atoms with Crippen LogP contribution in [0.2, 0.25) is 0 Å². The molecule has 118 valence electrons. The Balaban J connectivity index is 1.68. The molecule has 7 heteroatoms. The SMILES string of the molecule is O=C(C1=NN[C@H]2C(=O)N(c3ccccc3)C(=O)[C@H]12)c1cccnc1. The van der Waals surface area contributed by atoms with E-state index < -0.39 is 29.6 Å². The van der Waals surface area contributed by atoms with Crippen LogP contribution in [0.1, 0.15) is 10.4 Å². The highest BCUT2D eigenvalue weighted by Crippen LogP contribution is 2.31. The number of hydrogen-bond acceptors (Lipinski definition) is 6. The number of carbonyl (C=O) groups is 3. The number of Topliss-reactive ketones (excluding diaryl/α,β-unsaturated/α-hetero) is 1. The number of para-hydroxylation sites is 1. The maximum Gasteiger partial charge on any atom is 0.259 e. The lowest BCUT2D eigenvalue weighted by molar-refractivity contribution is -0.122. The van der Waals surface area contributed by atoms with E-state index in [1.54, 1.807) is 48.7 Å². The van der Waals surface area contributed by atoms with E-state index in [-0.39, 0.29) is 5.71 Å². The molecule has 2 atom stereocenters. The van der Waals surface area contributed by atoms with Crippen LogP contribution >= 0.6 is 0 Å². The molecule has 0 bridgehead atoms. The van der Waals surface area contributed by atoms with Gasteiger partial charge >= 0.3 is 0 Å². The molecule has 1 aromatic carbocycles. The highest BCUT2D eigenvalue weighted by atomic mass is 16.2. The lowest BCUT2D eigenvalue weighted by Gasteiger charge is -2.15. The molecule has 4 rings (SSSR count). The summed E-state index contributed by atoms with van der Waals surface area (Å²) >= 11 is 0. The van der Waals surface area contributed by atoms with Crippen LogP contribution < -0.4 is 10.3 Å². The number of imide groups is 1. The predicted octanol–water partition coefficient (Wildman–Crippen LogP) is 0.782. The molecule has 0 saturated carbocycles. The minimum atomic E-state index is -0.912. The number of carbonyl (C=O) groups excluding carboxylic acids is 3. The number of nitrogens with zero attached hydrogens (tertiary/aromatic N) is 3. The Morgan fingerprint density at radius 1 is 1.04 bits per heavy atom. The van der Waals surface area contributed by atoms with Crippen molar-refractivity contribution < 1.29 is 14.4 Å². The van der Waals surface area contributed by atoms with Crippen molar-refractivity contribution in [1.29, 1.82) is 0 Å². The van der Waals surface area contributed by atoms with Gasteiger partial charge in [0.25, 0.3) is 5.91 Å². The summed E-state index contributed by atoms with van der Waals surface area (Å²) in [5, 5.41) is 3.95. The molecule has 1 fully saturated rings. The molecule has 2 amide bonds. The molecule has 1 saturated heterocycles. The fourth-order valence-electron chi connectivity index (χ4n) is 2.95. The predicted molar refractivity (Wildman–Crippen MR) is 85.4 cm³/mol. The molecule has 24 heavy (non-hydrogen) atoms. The quantitative estimate of drug-likeness (QED) is 0.666. The third kappa shape index (κ3) is 2.02. The van der Waals surface area contributed by atoms with Gasteiger partial charge in [0.05, 0.1) is 5.69 Å². The van der Waals surface area contributed by atoms with E-state index in [1.165, 1.54) is 6.20 Å². The van der Waals surface area contributed by atoms with Gasteiger partial charge in [-0.25, -0.2) is 4.90 Å². The Hall–Kier alpha value is -3.35. The molecule has 1 aromatic heterocycles. The van der Waals surface area contributed by atoms with Gasteiger partial charge < -0.3 is 0 Å². The smallest absolute Gasteiger partial charge is 0.259 e. The number of hydrogen-bond donors (Lipinski definition) is 1. The molecule has 0 unspecified atom stereocenters. The summed E-state index contributed by atoms with van der Waals surface area (Å²) in [6.45, 7) is 0. The van der Waals surface area contributed by atoms with Gasteiger partial charge in [-0.15, -0.1) is 0 Å². The second kappa shape index (κ2) is 5.38. The van der Waals surface area contributed by atoms with E-state index in [1.807, 2.05) is 0 Å². The number of amides is 2. The number of benzene rings is 1. The Labute approximate surface area is 137 Å². The maximum absolute atomic E-state index is 12.8. The average molecular weight is 320 g/mol. The first kappa shape index (κ1) is 14.3. The summed E-state index contributed by atoms with van der Waals surface area (Å²) in [7, 11) is 0. The zero-order valence-corrected chi connectivity index (χ0v) is 12.4. The molecule has 0 aliphatic carbocycles. The molecule has 2 aliphatic rings. The van der Waals surface area contributed by atoms with Gasteiger partial charge in [-0.1, -0.05) is 18.2 Å². The highest BCUT2D eigenvalue weighted by Gasteiger charge is 2.55. The van der Waals surface area contributed by atoms with Gasteiger partial charge in [0.15, 0.2) is 0 Å². The maximum atomic E-state index is 12.8. The molecule has 2 aliphatic heterocycles. The van der Waals surface area contributed by atoms with E-state index in [0.29, 0.717) is 11.3 Å². The first-order chi connectivity index (χ1) is 11.7. The molecule has 0 radical (unpaired) electrons. The summed E-state index contributed by atoms with van der Waals surface area (Å²) < 4.78 is 0. The minimum Gasteiger partial charge on any atom is -0.296 e. The zero-order chi connectivity index (χ0) is 16.7. The van der Waals surface area contributed by atoms with Crippen molar-refractivity contribution in [2.24, 2.45) is 11.0 Å². The van der Waals surface area contributed by atoms with Crippen molar-refractivity contribution >= 4 is 29.0 Å². The average Bonchev–Trinajstić information content (AvgIpc) is 3.17. The standard InChI is InChI=1S/C17H12N4O3/c22-15(10-5-4-8-18-9-10)13-12-14(20-19-13)17(24)21(16(12)23)11-6-2-1-3-7-11/h1-9,12,14,20H/t12-,14-/m1/s1. The zero-order valence-electron chi connectivity index (χ0n) is 12.4. The molecule has 0 spiro atoms. The third-order valence-electron chi connectivity index (χ3n) is 4.10. The summed E-state index contributed by atoms with van der Waals surface area (Å²) in [6.07, 6.45) is 2.96. The van der Waals surface area contributed by atoms with Gasteiger partial charge in [-0.3, -0.25) is 24.8 Å². The van der Waals surface area contributed by atoms with E-state index in [4.69, 9.17) is 0 Å². The fraction of sp³-hybridized carbons (Fsp3) is 0.118. The Morgan fingerprint density at radius 2 is 1.83 bits per heavy atom. The molecular formula is C17H12N4O3. The number of pyridine rings is 1. The van der Waals surface area contributed by atoms with Crippen LogP contribution in [0.4, 0.5) is 5.69 Å². The van der Waals surface area contributed by atoms with Crippen LogP contribution in [0, 0.1) is 5.92 Å². The normalized spacial score (nSPS) is 22.2. The van der Waals surface area contributed by atoms with Crippen LogP contribution in [0.3, 0.4) is 0 Å². The van der Waals surface area contributed by atoms with E-state index >= 15 is 0 Å². The van der Waals surface area contributed by atoms with Gasteiger partial charge in [-0.05, 0) is 24.3 Å². The van der Waals surface area contributed by atoms with Crippen LogP contribution in [-0.2, 0) is 9.59 Å². The van der Waals surface area contributed by atoms with Crippen molar-refractivity contribution in [2.75, 3.05) is 4.90 Å². The minimum absolute atomic E-state index is 0.0461. The van der Waals surface area contributed by atoms with Gasteiger partial charge in [-0.2, -0.15) is 5.10 Å². The number of fused-ring (bicyclic) bond motifs is 1. The van der Waals surface area contributed by atoms with Crippen molar-refractivity contribution in [3.8, 4) is 0 Å². The van der Waals surface area contributed by atoms with Crippen molar-refractivity contribution in [1.82, 2.24) is 10.4 Å². The Bertz CT molecular complexity index is 864. The number of aromatic nitrogens is 1. The number of nitrogens with one attached hydrogen (secondary N) is 1. The van der Waals surface area contributed by atoms with Crippen molar-refractivity contribution in [2.45, 2.75) is 6.04 Å². The van der Waals surface area contributed by atoms with Gasteiger partial charge in [0.1, 0.15) is 17.7 Å². The van der Waals surface area contributed by atoms with Crippen LogP contribution in [0.15, 0.2) is 60.0 Å². The third-order valence-corrected chi connectivity index (χ3v) is 4.10. The molecule has 7 nitrogen and oxygen atoms in total. The lowest BCUT2D eigenvalue weighted by atomic mass is 9.93. The van der Waals surface area contributed by atoms with E-state index in [9.17, 15) is 14.4 Å². The molecule has 2 aromatic rings. The molecule has 3 heterocycles. The van der Waals surface area contributed by atoms with Crippen LogP contribution in [0.5, 0.6) is 0 Å².